The Hall–Kier alpha value is -1.38. The first-order valence-corrected chi connectivity index (χ1v) is 3.92. The Morgan fingerprint density at radius 1 is 1.75 bits per heavy atom. The van der Waals surface area contributed by atoms with Gasteiger partial charge in [-0.05, 0) is 19.9 Å². The van der Waals surface area contributed by atoms with Crippen molar-refractivity contribution in [2.75, 3.05) is 12.3 Å². The largest absolute Gasteiger partial charge is 0.492 e. The minimum absolute atomic E-state index is 0.600. The van der Waals surface area contributed by atoms with E-state index in [2.05, 4.69) is 11.6 Å². The Kier molecular flexibility index (Phi) is 2.43. The number of rotatable bonds is 3. The number of aromatic nitrogens is 1. The first kappa shape index (κ1) is 8.71. The predicted molar refractivity (Wildman–Crippen MR) is 50.6 cm³/mol. The molecule has 0 atom stereocenters. The fraction of sp³-hybridized carbons (Fsp3) is 0.333. The molecule has 1 heterocycles. The molecule has 0 amide bonds. The molecule has 0 aliphatic carbocycles. The quantitative estimate of drug-likeness (QED) is 0.674. The summed E-state index contributed by atoms with van der Waals surface area (Å²) in [6.07, 6.45) is 0. The number of nitrogens with one attached hydrogen (secondary N) is 1. The first-order valence-electron chi connectivity index (χ1n) is 3.92. The molecular weight excluding hydrogens is 152 g/mol. The van der Waals surface area contributed by atoms with E-state index in [0.29, 0.717) is 18.1 Å². The third kappa shape index (κ3) is 1.61. The van der Waals surface area contributed by atoms with E-state index in [4.69, 9.17) is 10.5 Å². The van der Waals surface area contributed by atoms with E-state index in [1.165, 1.54) is 0 Å². The SMILES string of the molecule is C=C(OCC)c1[nH]c(C)cc1N. The van der Waals surface area contributed by atoms with Gasteiger partial charge in [0.25, 0.3) is 0 Å². The molecule has 0 aliphatic rings. The summed E-state index contributed by atoms with van der Waals surface area (Å²) in [5.74, 6) is 0.600. The number of nitrogen functional groups attached to an aromatic ring is 1. The standard InChI is InChI=1S/C9H14N2O/c1-4-12-7(3)9-8(10)5-6(2)11-9/h5,11H,3-4,10H2,1-2H3. The van der Waals surface area contributed by atoms with Gasteiger partial charge in [0.1, 0.15) is 11.5 Å². The van der Waals surface area contributed by atoms with Crippen LogP contribution in [-0.4, -0.2) is 11.6 Å². The summed E-state index contributed by atoms with van der Waals surface area (Å²) >= 11 is 0. The number of aryl methyl sites for hydroxylation is 1. The van der Waals surface area contributed by atoms with Gasteiger partial charge in [0.2, 0.25) is 0 Å². The van der Waals surface area contributed by atoms with Crippen LogP contribution in [0, 0.1) is 6.92 Å². The molecule has 0 aliphatic heterocycles. The van der Waals surface area contributed by atoms with Crippen molar-refractivity contribution < 1.29 is 4.74 Å². The van der Waals surface area contributed by atoms with Gasteiger partial charge in [-0.2, -0.15) is 0 Å². The summed E-state index contributed by atoms with van der Waals surface area (Å²) in [4.78, 5) is 3.08. The van der Waals surface area contributed by atoms with Gasteiger partial charge in [-0.3, -0.25) is 0 Å². The van der Waals surface area contributed by atoms with Crippen molar-refractivity contribution in [3.63, 3.8) is 0 Å². The Labute approximate surface area is 72.2 Å². The summed E-state index contributed by atoms with van der Waals surface area (Å²) in [7, 11) is 0. The van der Waals surface area contributed by atoms with E-state index in [1.54, 1.807) is 0 Å². The zero-order valence-electron chi connectivity index (χ0n) is 7.48. The second-order valence-electron chi connectivity index (χ2n) is 2.64. The molecule has 12 heavy (non-hydrogen) atoms. The normalized spacial score (nSPS) is 9.83. The lowest BCUT2D eigenvalue weighted by molar-refractivity contribution is 0.298. The molecular formula is C9H14N2O. The van der Waals surface area contributed by atoms with Gasteiger partial charge in [-0.1, -0.05) is 6.58 Å². The summed E-state index contributed by atoms with van der Waals surface area (Å²) in [5.41, 5.74) is 8.19. The maximum absolute atomic E-state index is 5.70. The maximum Gasteiger partial charge on any atom is 0.137 e. The molecule has 3 nitrogen and oxygen atoms in total. The molecule has 66 valence electrons. The fourth-order valence-electron chi connectivity index (χ4n) is 1.09. The summed E-state index contributed by atoms with van der Waals surface area (Å²) < 4.78 is 5.22. The van der Waals surface area contributed by atoms with Crippen LogP contribution in [0.4, 0.5) is 5.69 Å². The van der Waals surface area contributed by atoms with Crippen molar-refractivity contribution >= 4 is 11.4 Å². The number of hydrogen-bond donors (Lipinski definition) is 2. The lowest BCUT2D eigenvalue weighted by Gasteiger charge is -2.04. The van der Waals surface area contributed by atoms with Crippen LogP contribution in [0.3, 0.4) is 0 Å². The smallest absolute Gasteiger partial charge is 0.137 e. The highest BCUT2D eigenvalue weighted by molar-refractivity contribution is 5.67. The molecule has 1 rings (SSSR count). The number of ether oxygens (including phenoxy) is 1. The summed E-state index contributed by atoms with van der Waals surface area (Å²) in [5, 5.41) is 0. The Balaban J connectivity index is 2.87. The van der Waals surface area contributed by atoms with Crippen LogP contribution >= 0.6 is 0 Å². The Morgan fingerprint density at radius 3 is 2.83 bits per heavy atom. The third-order valence-corrected chi connectivity index (χ3v) is 1.58. The average molecular weight is 166 g/mol. The van der Waals surface area contributed by atoms with Crippen LogP contribution in [0.1, 0.15) is 18.3 Å². The van der Waals surface area contributed by atoms with E-state index in [0.717, 1.165) is 11.4 Å². The lowest BCUT2D eigenvalue weighted by atomic mass is 10.3. The monoisotopic (exact) mass is 166 g/mol. The number of H-pyrrole nitrogens is 1. The van der Waals surface area contributed by atoms with Gasteiger partial charge in [0.05, 0.1) is 12.3 Å². The highest BCUT2D eigenvalue weighted by Gasteiger charge is 2.06. The number of anilines is 1. The van der Waals surface area contributed by atoms with Crippen molar-refractivity contribution in [1.82, 2.24) is 4.98 Å². The van der Waals surface area contributed by atoms with Crippen molar-refractivity contribution in [2.45, 2.75) is 13.8 Å². The van der Waals surface area contributed by atoms with E-state index in [1.807, 2.05) is 19.9 Å². The van der Waals surface area contributed by atoms with E-state index >= 15 is 0 Å². The minimum Gasteiger partial charge on any atom is -0.492 e. The van der Waals surface area contributed by atoms with Crippen LogP contribution in [0.15, 0.2) is 12.6 Å². The molecule has 0 bridgehead atoms. The molecule has 1 aromatic heterocycles. The van der Waals surface area contributed by atoms with Crippen molar-refractivity contribution in [3.8, 4) is 0 Å². The second kappa shape index (κ2) is 3.34. The summed E-state index contributed by atoms with van der Waals surface area (Å²) in [6.45, 7) is 8.22. The van der Waals surface area contributed by atoms with Crippen LogP contribution in [0.5, 0.6) is 0 Å². The van der Waals surface area contributed by atoms with Crippen LogP contribution in [-0.2, 0) is 4.74 Å². The minimum atomic E-state index is 0.600. The van der Waals surface area contributed by atoms with Gasteiger partial charge >= 0.3 is 0 Å². The highest BCUT2D eigenvalue weighted by Crippen LogP contribution is 2.20. The van der Waals surface area contributed by atoms with Gasteiger partial charge in [0, 0.05) is 5.69 Å². The molecule has 3 N–H and O–H groups in total. The fourth-order valence-corrected chi connectivity index (χ4v) is 1.09. The zero-order chi connectivity index (χ0) is 9.14. The molecule has 3 heteroatoms. The first-order chi connectivity index (χ1) is 5.65. The number of hydrogen-bond acceptors (Lipinski definition) is 2. The lowest BCUT2D eigenvalue weighted by Crippen LogP contribution is -1.94. The van der Waals surface area contributed by atoms with Crippen LogP contribution < -0.4 is 5.73 Å². The van der Waals surface area contributed by atoms with Crippen LogP contribution in [0.25, 0.3) is 5.76 Å². The molecule has 0 saturated heterocycles. The molecule has 0 saturated carbocycles. The Morgan fingerprint density at radius 2 is 2.42 bits per heavy atom. The molecule has 1 aromatic rings. The third-order valence-electron chi connectivity index (χ3n) is 1.58. The van der Waals surface area contributed by atoms with Gasteiger partial charge in [-0.15, -0.1) is 0 Å². The Bertz CT molecular complexity index is 289. The van der Waals surface area contributed by atoms with Gasteiger partial charge < -0.3 is 15.5 Å². The van der Waals surface area contributed by atoms with Crippen molar-refractivity contribution in [2.24, 2.45) is 0 Å². The molecule has 0 unspecified atom stereocenters. The second-order valence-corrected chi connectivity index (χ2v) is 2.64. The van der Waals surface area contributed by atoms with Gasteiger partial charge in [0.15, 0.2) is 0 Å². The topological polar surface area (TPSA) is 51.0 Å². The van der Waals surface area contributed by atoms with E-state index < -0.39 is 0 Å². The van der Waals surface area contributed by atoms with E-state index in [-0.39, 0.29) is 0 Å². The van der Waals surface area contributed by atoms with Crippen LogP contribution in [0.2, 0.25) is 0 Å². The number of nitrogens with two attached hydrogens (primary N) is 1. The maximum atomic E-state index is 5.70. The average Bonchev–Trinajstić information content (AvgIpc) is 2.30. The van der Waals surface area contributed by atoms with Gasteiger partial charge in [-0.25, -0.2) is 0 Å². The molecule has 0 radical (unpaired) electrons. The molecule has 0 aromatic carbocycles. The molecule has 0 spiro atoms. The van der Waals surface area contributed by atoms with Crippen molar-refractivity contribution in [1.29, 1.82) is 0 Å². The summed E-state index contributed by atoms with van der Waals surface area (Å²) in [6, 6.07) is 1.86. The number of aromatic amines is 1. The molecule has 0 fully saturated rings. The predicted octanol–water partition coefficient (Wildman–Crippen LogP) is 1.91. The zero-order valence-corrected chi connectivity index (χ0v) is 7.48. The van der Waals surface area contributed by atoms with E-state index in [9.17, 15) is 0 Å². The van der Waals surface area contributed by atoms with Crippen molar-refractivity contribution in [3.05, 3.63) is 24.0 Å². The highest BCUT2D eigenvalue weighted by atomic mass is 16.5.